The number of fused-ring (bicyclic) bond motifs is 2. The van der Waals surface area contributed by atoms with E-state index < -0.39 is 0 Å². The van der Waals surface area contributed by atoms with E-state index in [1.165, 1.54) is 12.8 Å². The van der Waals surface area contributed by atoms with E-state index in [1.54, 1.807) is 15.3 Å². The zero-order valence-corrected chi connectivity index (χ0v) is 8.23. The molecule has 1 aliphatic heterocycles. The average molecular weight is 247 g/mol. The molecule has 0 nitrogen and oxygen atoms in total. The SMILES string of the molecule is C1CC2=C3C[I-]CC2C3C1. The van der Waals surface area contributed by atoms with Gasteiger partial charge < -0.3 is 0 Å². The van der Waals surface area contributed by atoms with Crippen LogP contribution in [0.15, 0.2) is 11.1 Å². The summed E-state index contributed by atoms with van der Waals surface area (Å²) >= 11 is 0.640. The third-order valence-corrected chi connectivity index (χ3v) is 6.20. The van der Waals surface area contributed by atoms with Gasteiger partial charge in [0.25, 0.3) is 0 Å². The molecule has 1 heteroatoms. The van der Waals surface area contributed by atoms with Crippen LogP contribution >= 0.6 is 0 Å². The van der Waals surface area contributed by atoms with Crippen molar-refractivity contribution in [3.05, 3.63) is 11.1 Å². The first-order valence-corrected chi connectivity index (χ1v) is 7.27. The fourth-order valence-corrected chi connectivity index (χ4v) is 6.52. The van der Waals surface area contributed by atoms with Crippen LogP contribution in [0.2, 0.25) is 0 Å². The minimum absolute atomic E-state index is 0.640. The molecule has 0 N–H and O–H groups in total. The molecule has 0 aromatic heterocycles. The van der Waals surface area contributed by atoms with Crippen LogP contribution in [0.4, 0.5) is 0 Å². The van der Waals surface area contributed by atoms with Crippen LogP contribution in [0.25, 0.3) is 0 Å². The summed E-state index contributed by atoms with van der Waals surface area (Å²) in [5, 5.41) is 0. The summed E-state index contributed by atoms with van der Waals surface area (Å²) in [5.41, 5.74) is 3.89. The van der Waals surface area contributed by atoms with Crippen molar-refractivity contribution in [2.45, 2.75) is 19.3 Å². The van der Waals surface area contributed by atoms with E-state index in [0.29, 0.717) is 21.2 Å². The molecule has 0 spiro atoms. The normalized spacial score (nSPS) is 44.0. The van der Waals surface area contributed by atoms with E-state index in [-0.39, 0.29) is 0 Å². The predicted octanol–water partition coefficient (Wildman–Crippen LogP) is -1.18. The summed E-state index contributed by atoms with van der Waals surface area (Å²) in [7, 11) is 0. The summed E-state index contributed by atoms with van der Waals surface area (Å²) in [5.74, 6) is 2.27. The van der Waals surface area contributed by atoms with Gasteiger partial charge in [0.15, 0.2) is 0 Å². The van der Waals surface area contributed by atoms with E-state index in [4.69, 9.17) is 0 Å². The third kappa shape index (κ3) is 0.583. The van der Waals surface area contributed by atoms with Crippen LogP contribution in [0, 0.1) is 11.8 Å². The Morgan fingerprint density at radius 1 is 1.20 bits per heavy atom. The number of halogens is 1. The van der Waals surface area contributed by atoms with Crippen LogP contribution in [0.1, 0.15) is 19.3 Å². The molecule has 0 radical (unpaired) electrons. The molecule has 56 valence electrons. The predicted molar refractivity (Wildman–Crippen MR) is 37.6 cm³/mol. The quantitative estimate of drug-likeness (QED) is 0.287. The first-order chi connectivity index (χ1) is 4.97. The molecule has 3 aliphatic carbocycles. The van der Waals surface area contributed by atoms with Gasteiger partial charge in [-0.05, 0) is 0 Å². The molecule has 1 fully saturated rings. The summed E-state index contributed by atoms with van der Waals surface area (Å²) < 4.78 is 3.22. The molecule has 0 aromatic carbocycles. The zero-order chi connectivity index (χ0) is 6.55. The Kier molecular flexibility index (Phi) is 1.20. The van der Waals surface area contributed by atoms with E-state index in [9.17, 15) is 0 Å². The number of alkyl halides is 2. The van der Waals surface area contributed by atoms with Crippen LogP contribution < -0.4 is 21.2 Å². The van der Waals surface area contributed by atoms with Gasteiger partial charge in [0.1, 0.15) is 0 Å². The van der Waals surface area contributed by atoms with Gasteiger partial charge in [-0.3, -0.25) is 0 Å². The van der Waals surface area contributed by atoms with E-state index >= 15 is 0 Å². The fourth-order valence-electron chi connectivity index (χ4n) is 2.76. The second-order valence-electron chi connectivity index (χ2n) is 3.63. The maximum atomic E-state index is 1.95. The Bertz CT molecular complexity index is 183. The summed E-state index contributed by atoms with van der Waals surface area (Å²) in [6, 6.07) is 0. The Balaban J connectivity index is 2.04. The molecule has 10 heavy (non-hydrogen) atoms. The molecular formula is C9H12I-. The maximum absolute atomic E-state index is 1.95. The minimum atomic E-state index is 0.640. The Hall–Kier alpha value is 0.470. The molecule has 4 aliphatic rings. The van der Waals surface area contributed by atoms with Crippen molar-refractivity contribution in [3.8, 4) is 0 Å². The Morgan fingerprint density at radius 2 is 2.20 bits per heavy atom. The molecule has 2 unspecified atom stereocenters. The molecule has 0 saturated heterocycles. The number of hydrogen-bond donors (Lipinski definition) is 0. The molecule has 0 aromatic rings. The third-order valence-electron chi connectivity index (χ3n) is 3.27. The van der Waals surface area contributed by atoms with Crippen LogP contribution in [-0.2, 0) is 0 Å². The van der Waals surface area contributed by atoms with Crippen LogP contribution in [0.3, 0.4) is 0 Å². The van der Waals surface area contributed by atoms with Gasteiger partial charge in [0.05, 0.1) is 0 Å². The van der Waals surface area contributed by atoms with Gasteiger partial charge in [0.2, 0.25) is 0 Å². The van der Waals surface area contributed by atoms with Crippen molar-refractivity contribution in [1.82, 2.24) is 0 Å². The van der Waals surface area contributed by atoms with Crippen molar-refractivity contribution in [2.75, 3.05) is 8.86 Å². The Morgan fingerprint density at radius 3 is 2.70 bits per heavy atom. The number of allylic oxidation sites excluding steroid dienone is 2. The average Bonchev–Trinajstić information content (AvgIpc) is 2.08. The summed E-state index contributed by atoms with van der Waals surface area (Å²) in [6.07, 6.45) is 4.55. The Labute approximate surface area is 72.3 Å². The summed E-state index contributed by atoms with van der Waals surface area (Å²) in [6.45, 7) is 0. The van der Waals surface area contributed by atoms with Gasteiger partial charge >= 0.3 is 72.3 Å². The van der Waals surface area contributed by atoms with Crippen molar-refractivity contribution in [3.63, 3.8) is 0 Å². The van der Waals surface area contributed by atoms with Crippen LogP contribution in [0.5, 0.6) is 0 Å². The van der Waals surface area contributed by atoms with Crippen molar-refractivity contribution >= 4 is 0 Å². The van der Waals surface area contributed by atoms with Gasteiger partial charge in [-0.15, -0.1) is 0 Å². The first-order valence-electron chi connectivity index (χ1n) is 4.22. The molecule has 4 bridgehead atoms. The number of rotatable bonds is 0. The fraction of sp³-hybridized carbons (Fsp3) is 0.778. The first kappa shape index (κ1) is 6.04. The van der Waals surface area contributed by atoms with Gasteiger partial charge in [-0.2, -0.15) is 0 Å². The molecular weight excluding hydrogens is 235 g/mol. The topological polar surface area (TPSA) is 0 Å². The van der Waals surface area contributed by atoms with E-state index in [0.717, 1.165) is 11.8 Å². The monoisotopic (exact) mass is 247 g/mol. The van der Waals surface area contributed by atoms with Gasteiger partial charge in [0, 0.05) is 0 Å². The molecule has 1 heterocycles. The van der Waals surface area contributed by atoms with Crippen LogP contribution in [-0.4, -0.2) is 8.86 Å². The van der Waals surface area contributed by atoms with Gasteiger partial charge in [-0.1, -0.05) is 0 Å². The number of hydrogen-bond acceptors (Lipinski definition) is 0. The second-order valence-corrected chi connectivity index (χ2v) is 6.35. The van der Waals surface area contributed by atoms with Crippen molar-refractivity contribution < 1.29 is 21.2 Å². The second kappa shape index (κ2) is 1.99. The molecule has 0 amide bonds. The van der Waals surface area contributed by atoms with E-state index in [2.05, 4.69) is 0 Å². The van der Waals surface area contributed by atoms with Crippen molar-refractivity contribution in [1.29, 1.82) is 0 Å². The van der Waals surface area contributed by atoms with Gasteiger partial charge in [-0.25, -0.2) is 0 Å². The molecule has 2 atom stereocenters. The van der Waals surface area contributed by atoms with Crippen molar-refractivity contribution in [2.24, 2.45) is 11.8 Å². The molecule has 1 saturated carbocycles. The standard InChI is InChI=1S/C9H12I/c1-2-6-8-4-10-5-9(6)7(8)3-1/h6,8H,1-5H2/q-1. The zero-order valence-electron chi connectivity index (χ0n) is 6.07. The molecule has 4 rings (SSSR count). The summed E-state index contributed by atoms with van der Waals surface area (Å²) in [4.78, 5) is 0. The van der Waals surface area contributed by atoms with E-state index in [1.807, 2.05) is 11.1 Å².